The molecule has 2 aromatic carbocycles. The van der Waals surface area contributed by atoms with Crippen LogP contribution < -0.4 is 22.1 Å². The number of nitrogens with one attached hydrogen (secondary N) is 2. The number of hydrogen-bond acceptors (Lipinski definition) is 8. The third kappa shape index (κ3) is 12.6. The average molecular weight is 662 g/mol. The van der Waals surface area contributed by atoms with E-state index in [2.05, 4.69) is 10.6 Å². The molecule has 0 aromatic heterocycles. The van der Waals surface area contributed by atoms with Crippen molar-refractivity contribution in [3.63, 3.8) is 0 Å². The molecule has 0 spiro atoms. The van der Waals surface area contributed by atoms with E-state index in [9.17, 15) is 29.2 Å². The van der Waals surface area contributed by atoms with E-state index in [1.807, 2.05) is 74.5 Å². The normalized spacial score (nSPS) is 15.6. The highest BCUT2D eigenvalue weighted by Gasteiger charge is 2.33. The molecule has 3 amide bonds. The van der Waals surface area contributed by atoms with Crippen LogP contribution in [0.15, 0.2) is 72.2 Å². The number of carbonyl (C=O) groups excluding carboxylic acids is 4. The van der Waals surface area contributed by atoms with E-state index in [1.165, 1.54) is 0 Å². The standard InChI is InChI=1S/C36H52BN5O6/c1-25(2)21-28(34(44)40-31(15-9-10-18-38)36(46)42-19-16-29(17-20-42)37(47)48)24-33(43)32(23-27-13-7-4-8-14-27)41-35(45)30(39)22-26-11-5-3-6-12-26/h3-8,11-14,16,25,28,30-32,47-48H,9-10,15,17-24,38-39H2,1-2H3,(H,40,44)(H,41,45)/t28-,30+,31+,32+/m0/s1. The van der Waals surface area contributed by atoms with Crippen molar-refractivity contribution in [3.8, 4) is 0 Å². The lowest BCUT2D eigenvalue weighted by molar-refractivity contribution is -0.138. The number of ketones is 1. The molecule has 1 aliphatic rings. The highest BCUT2D eigenvalue weighted by molar-refractivity contribution is 6.50. The monoisotopic (exact) mass is 661 g/mol. The Morgan fingerprint density at radius 3 is 2.02 bits per heavy atom. The summed E-state index contributed by atoms with van der Waals surface area (Å²) in [6.07, 6.45) is 4.47. The Hall–Kier alpha value is -3.84. The van der Waals surface area contributed by atoms with Gasteiger partial charge in [0, 0.05) is 25.4 Å². The number of benzene rings is 2. The largest absolute Gasteiger partial charge is 0.483 e. The Bertz CT molecular complexity index is 1360. The van der Waals surface area contributed by atoms with Gasteiger partial charge in [-0.25, -0.2) is 0 Å². The zero-order valence-electron chi connectivity index (χ0n) is 28.2. The van der Waals surface area contributed by atoms with Crippen molar-refractivity contribution in [2.45, 2.75) is 83.3 Å². The highest BCUT2D eigenvalue weighted by Crippen LogP contribution is 2.21. The minimum atomic E-state index is -1.56. The number of nitrogens with zero attached hydrogens (tertiary/aromatic N) is 1. The van der Waals surface area contributed by atoms with Crippen LogP contribution in [0, 0.1) is 11.8 Å². The summed E-state index contributed by atoms with van der Waals surface area (Å²) in [4.78, 5) is 56.2. The maximum absolute atomic E-state index is 14.0. The molecule has 8 N–H and O–H groups in total. The van der Waals surface area contributed by atoms with Crippen LogP contribution in [0.1, 0.15) is 63.5 Å². The van der Waals surface area contributed by atoms with Gasteiger partial charge in [0.1, 0.15) is 6.04 Å². The maximum atomic E-state index is 14.0. The van der Waals surface area contributed by atoms with Crippen LogP contribution in [-0.2, 0) is 32.0 Å². The number of hydrogen-bond donors (Lipinski definition) is 6. The summed E-state index contributed by atoms with van der Waals surface area (Å²) in [6, 6.07) is 16.2. The van der Waals surface area contributed by atoms with Crippen LogP contribution in [0.4, 0.5) is 0 Å². The molecule has 2 aromatic rings. The molecule has 0 saturated carbocycles. The molecule has 48 heavy (non-hydrogen) atoms. The third-order valence-electron chi connectivity index (χ3n) is 8.65. The minimum Gasteiger partial charge on any atom is -0.423 e. The number of Topliss-reactive ketones (excluding diaryl/α,β-unsaturated/α-hetero) is 1. The molecule has 11 nitrogen and oxygen atoms in total. The Morgan fingerprint density at radius 1 is 0.875 bits per heavy atom. The first-order valence-electron chi connectivity index (χ1n) is 17.0. The first-order chi connectivity index (χ1) is 23.0. The fourth-order valence-electron chi connectivity index (χ4n) is 5.95. The van der Waals surface area contributed by atoms with Crippen molar-refractivity contribution < 1.29 is 29.2 Å². The fourth-order valence-corrected chi connectivity index (χ4v) is 5.95. The molecule has 0 radical (unpaired) electrons. The second-order valence-corrected chi connectivity index (χ2v) is 13.1. The average Bonchev–Trinajstić information content (AvgIpc) is 3.07. The predicted molar refractivity (Wildman–Crippen MR) is 187 cm³/mol. The van der Waals surface area contributed by atoms with Gasteiger partial charge in [0.25, 0.3) is 0 Å². The van der Waals surface area contributed by atoms with E-state index in [-0.39, 0.29) is 37.0 Å². The molecule has 0 fully saturated rings. The van der Waals surface area contributed by atoms with Crippen molar-refractivity contribution in [2.24, 2.45) is 23.3 Å². The second-order valence-electron chi connectivity index (χ2n) is 13.1. The van der Waals surface area contributed by atoms with Gasteiger partial charge in [-0.3, -0.25) is 19.2 Å². The van der Waals surface area contributed by atoms with Crippen molar-refractivity contribution in [1.29, 1.82) is 0 Å². The molecular weight excluding hydrogens is 609 g/mol. The summed E-state index contributed by atoms with van der Waals surface area (Å²) in [6.45, 7) is 4.89. The van der Waals surface area contributed by atoms with E-state index >= 15 is 0 Å². The zero-order chi connectivity index (χ0) is 35.1. The van der Waals surface area contributed by atoms with Gasteiger partial charge < -0.3 is 37.0 Å². The van der Waals surface area contributed by atoms with Gasteiger partial charge in [0.15, 0.2) is 5.78 Å². The number of amides is 3. The Labute approximate surface area is 284 Å². The molecule has 0 unspecified atom stereocenters. The number of carbonyl (C=O) groups is 4. The van der Waals surface area contributed by atoms with Gasteiger partial charge in [0.05, 0.1) is 12.1 Å². The lowest BCUT2D eigenvalue weighted by Crippen LogP contribution is -2.52. The zero-order valence-corrected chi connectivity index (χ0v) is 28.2. The van der Waals surface area contributed by atoms with E-state index in [4.69, 9.17) is 11.5 Å². The van der Waals surface area contributed by atoms with Gasteiger partial charge in [-0.05, 0) is 74.0 Å². The smallest absolute Gasteiger partial charge is 0.423 e. The lowest BCUT2D eigenvalue weighted by atomic mass is 9.76. The topological polar surface area (TPSA) is 188 Å². The Morgan fingerprint density at radius 2 is 1.48 bits per heavy atom. The van der Waals surface area contributed by atoms with Gasteiger partial charge in [0.2, 0.25) is 17.7 Å². The van der Waals surface area contributed by atoms with E-state index in [0.29, 0.717) is 57.1 Å². The van der Waals surface area contributed by atoms with Crippen molar-refractivity contribution in [3.05, 3.63) is 83.3 Å². The van der Waals surface area contributed by atoms with Crippen LogP contribution in [0.3, 0.4) is 0 Å². The molecule has 0 bridgehead atoms. The highest BCUT2D eigenvalue weighted by atomic mass is 16.4. The second kappa shape index (κ2) is 19.9. The molecule has 260 valence electrons. The Balaban J connectivity index is 1.77. The molecule has 0 aliphatic carbocycles. The van der Waals surface area contributed by atoms with Crippen LogP contribution in [-0.4, -0.2) is 83.3 Å². The quantitative estimate of drug-likeness (QED) is 0.0969. The molecular formula is C36H52BN5O6. The van der Waals surface area contributed by atoms with Crippen molar-refractivity contribution in [1.82, 2.24) is 15.5 Å². The van der Waals surface area contributed by atoms with Gasteiger partial charge in [-0.15, -0.1) is 0 Å². The SMILES string of the molecule is CC(C)C[C@@H](CC(=O)[C@@H](Cc1ccccc1)NC(=O)[C@H](N)Cc1ccccc1)C(=O)N[C@H](CCCCN)C(=O)N1CC=C(B(O)O)CC1. The van der Waals surface area contributed by atoms with Crippen LogP contribution >= 0.6 is 0 Å². The summed E-state index contributed by atoms with van der Waals surface area (Å²) >= 11 is 0. The van der Waals surface area contributed by atoms with Gasteiger partial charge >= 0.3 is 7.12 Å². The number of rotatable bonds is 19. The first kappa shape index (κ1) is 38.6. The van der Waals surface area contributed by atoms with Crippen LogP contribution in [0.25, 0.3) is 0 Å². The number of nitrogens with two attached hydrogens (primary N) is 2. The third-order valence-corrected chi connectivity index (χ3v) is 8.65. The molecule has 1 heterocycles. The molecule has 4 atom stereocenters. The van der Waals surface area contributed by atoms with Crippen molar-refractivity contribution >= 4 is 30.6 Å². The van der Waals surface area contributed by atoms with Crippen molar-refractivity contribution in [2.75, 3.05) is 19.6 Å². The molecule has 0 saturated heterocycles. The van der Waals surface area contributed by atoms with E-state index in [1.54, 1.807) is 11.0 Å². The summed E-state index contributed by atoms with van der Waals surface area (Å²) < 4.78 is 0. The summed E-state index contributed by atoms with van der Waals surface area (Å²) in [5.74, 6) is -2.05. The molecule has 3 rings (SSSR count). The molecule has 12 heteroatoms. The maximum Gasteiger partial charge on any atom is 0.483 e. The lowest BCUT2D eigenvalue weighted by Gasteiger charge is -2.31. The molecule has 1 aliphatic heterocycles. The van der Waals surface area contributed by atoms with Crippen LogP contribution in [0.5, 0.6) is 0 Å². The predicted octanol–water partition coefficient (Wildman–Crippen LogP) is 1.69. The summed E-state index contributed by atoms with van der Waals surface area (Å²) in [7, 11) is -1.56. The Kier molecular flexibility index (Phi) is 16.0. The van der Waals surface area contributed by atoms with E-state index < -0.39 is 43.0 Å². The first-order valence-corrected chi connectivity index (χ1v) is 17.0. The van der Waals surface area contributed by atoms with E-state index in [0.717, 1.165) is 11.1 Å². The summed E-state index contributed by atoms with van der Waals surface area (Å²) in [5, 5.41) is 24.8. The fraction of sp³-hybridized carbons (Fsp3) is 0.500. The van der Waals surface area contributed by atoms with Gasteiger partial charge in [-0.2, -0.15) is 0 Å². The van der Waals surface area contributed by atoms with Gasteiger partial charge in [-0.1, -0.05) is 80.6 Å². The van der Waals surface area contributed by atoms with Crippen LogP contribution in [0.2, 0.25) is 0 Å². The number of unbranched alkanes of at least 4 members (excludes halogenated alkanes) is 1. The summed E-state index contributed by atoms with van der Waals surface area (Å²) in [5.41, 5.74) is 14.2. The minimum absolute atomic E-state index is 0.0805.